The number of benzene rings is 2. The minimum atomic E-state index is -0.306. The van der Waals surface area contributed by atoms with Gasteiger partial charge < -0.3 is 10.6 Å². The lowest BCUT2D eigenvalue weighted by Gasteiger charge is -2.05. The van der Waals surface area contributed by atoms with E-state index in [1.807, 2.05) is 42.5 Å². The molecule has 0 saturated carbocycles. The van der Waals surface area contributed by atoms with E-state index in [-0.39, 0.29) is 17.5 Å². The maximum Gasteiger partial charge on any atom is 0.276 e. The first-order chi connectivity index (χ1) is 12.6. The van der Waals surface area contributed by atoms with Crippen molar-refractivity contribution in [3.8, 4) is 0 Å². The van der Waals surface area contributed by atoms with Crippen molar-refractivity contribution in [2.45, 2.75) is 16.8 Å². The van der Waals surface area contributed by atoms with E-state index in [4.69, 9.17) is 0 Å². The average Bonchev–Trinajstić information content (AvgIpc) is 2.64. The number of nitrogens with zero attached hydrogens (tertiary/aromatic N) is 2. The van der Waals surface area contributed by atoms with Gasteiger partial charge in [0.25, 0.3) is 5.91 Å². The van der Waals surface area contributed by atoms with E-state index in [1.165, 1.54) is 18.7 Å². The van der Waals surface area contributed by atoms with Crippen molar-refractivity contribution in [3.05, 3.63) is 72.4 Å². The smallest absolute Gasteiger partial charge is 0.276 e. The lowest BCUT2D eigenvalue weighted by Crippen LogP contribution is -2.14. The van der Waals surface area contributed by atoms with Crippen molar-refractivity contribution in [1.29, 1.82) is 0 Å². The van der Waals surface area contributed by atoms with Crippen LogP contribution in [0.2, 0.25) is 0 Å². The summed E-state index contributed by atoms with van der Waals surface area (Å²) in [6.07, 6.45) is 0. The van der Waals surface area contributed by atoms with Gasteiger partial charge in [-0.15, -0.1) is 10.2 Å². The molecule has 0 spiro atoms. The summed E-state index contributed by atoms with van der Waals surface area (Å²) in [5, 5.41) is 14.2. The monoisotopic (exact) mass is 364 g/mol. The summed E-state index contributed by atoms with van der Waals surface area (Å²) in [6.45, 7) is 1.47. The van der Waals surface area contributed by atoms with Crippen molar-refractivity contribution >= 4 is 35.0 Å². The first-order valence-corrected chi connectivity index (χ1v) is 8.67. The van der Waals surface area contributed by atoms with E-state index in [9.17, 15) is 9.59 Å². The van der Waals surface area contributed by atoms with Gasteiger partial charge in [0.1, 0.15) is 5.03 Å². The first-order valence-electron chi connectivity index (χ1n) is 7.86. The Morgan fingerprint density at radius 3 is 2.12 bits per heavy atom. The van der Waals surface area contributed by atoms with Crippen LogP contribution in [0, 0.1) is 0 Å². The van der Waals surface area contributed by atoms with Crippen LogP contribution in [0.3, 0.4) is 0 Å². The number of amides is 2. The molecule has 0 aliphatic rings. The number of hydrogen-bond acceptors (Lipinski definition) is 5. The van der Waals surface area contributed by atoms with E-state index in [0.717, 1.165) is 10.6 Å². The number of hydrogen-bond donors (Lipinski definition) is 2. The highest BCUT2D eigenvalue weighted by atomic mass is 32.2. The summed E-state index contributed by atoms with van der Waals surface area (Å²) in [5.41, 5.74) is 1.69. The summed E-state index contributed by atoms with van der Waals surface area (Å²) >= 11 is 1.42. The second-order valence-electron chi connectivity index (χ2n) is 5.38. The number of para-hydroxylation sites is 1. The van der Waals surface area contributed by atoms with E-state index in [1.54, 1.807) is 24.3 Å². The summed E-state index contributed by atoms with van der Waals surface area (Å²) < 4.78 is 0. The molecule has 26 heavy (non-hydrogen) atoms. The van der Waals surface area contributed by atoms with Gasteiger partial charge >= 0.3 is 0 Å². The highest BCUT2D eigenvalue weighted by molar-refractivity contribution is 7.99. The summed E-state index contributed by atoms with van der Waals surface area (Å²) in [4.78, 5) is 24.1. The molecule has 0 fully saturated rings. The molecule has 2 N–H and O–H groups in total. The third-order valence-corrected chi connectivity index (χ3v) is 4.24. The molecule has 0 atom stereocenters. The number of rotatable bonds is 5. The molecule has 0 radical (unpaired) electrons. The lowest BCUT2D eigenvalue weighted by atomic mass is 10.3. The Balaban J connectivity index is 1.62. The molecule has 0 aliphatic carbocycles. The molecule has 3 aromatic rings. The van der Waals surface area contributed by atoms with Crippen molar-refractivity contribution in [2.75, 3.05) is 10.6 Å². The van der Waals surface area contributed by atoms with Crippen molar-refractivity contribution in [2.24, 2.45) is 0 Å². The Labute approximate surface area is 155 Å². The Morgan fingerprint density at radius 2 is 1.50 bits per heavy atom. The molecular formula is C19H16N4O2S. The predicted octanol–water partition coefficient (Wildman–Crippen LogP) is 3.84. The normalized spacial score (nSPS) is 10.2. The van der Waals surface area contributed by atoms with Gasteiger partial charge in [-0.05, 0) is 48.5 Å². The minimum absolute atomic E-state index is 0.111. The molecule has 7 heteroatoms. The van der Waals surface area contributed by atoms with Gasteiger partial charge in [0.15, 0.2) is 5.69 Å². The van der Waals surface area contributed by atoms with Crippen LogP contribution >= 0.6 is 11.8 Å². The van der Waals surface area contributed by atoms with Gasteiger partial charge in [0.05, 0.1) is 0 Å². The van der Waals surface area contributed by atoms with E-state index in [2.05, 4.69) is 20.8 Å². The standard InChI is InChI=1S/C19H16N4O2S/c1-13(24)20-15-7-9-16(10-8-15)26-18-12-11-17(22-23-18)19(25)21-14-5-3-2-4-6-14/h2-12H,1H3,(H,20,24)(H,21,25). The molecule has 6 nitrogen and oxygen atoms in total. The van der Waals surface area contributed by atoms with Gasteiger partial charge in [0, 0.05) is 23.2 Å². The number of carbonyl (C=O) groups excluding carboxylic acids is 2. The third kappa shape index (κ3) is 4.90. The van der Waals surface area contributed by atoms with Crippen LogP contribution in [0.4, 0.5) is 11.4 Å². The molecule has 0 unspecified atom stereocenters. The average molecular weight is 364 g/mol. The van der Waals surface area contributed by atoms with Crippen LogP contribution in [0.5, 0.6) is 0 Å². The quantitative estimate of drug-likeness (QED) is 0.719. The van der Waals surface area contributed by atoms with Crippen molar-refractivity contribution < 1.29 is 9.59 Å². The Morgan fingerprint density at radius 1 is 0.808 bits per heavy atom. The minimum Gasteiger partial charge on any atom is -0.326 e. The van der Waals surface area contributed by atoms with Crippen LogP contribution in [0.1, 0.15) is 17.4 Å². The zero-order valence-corrected chi connectivity index (χ0v) is 14.8. The third-order valence-electron chi connectivity index (χ3n) is 3.30. The lowest BCUT2D eigenvalue weighted by molar-refractivity contribution is -0.114. The van der Waals surface area contributed by atoms with Crippen molar-refractivity contribution in [1.82, 2.24) is 10.2 Å². The zero-order chi connectivity index (χ0) is 18.4. The molecule has 0 saturated heterocycles. The maximum absolute atomic E-state index is 12.2. The molecule has 130 valence electrons. The second-order valence-corrected chi connectivity index (χ2v) is 6.48. The zero-order valence-electron chi connectivity index (χ0n) is 14.0. The van der Waals surface area contributed by atoms with Gasteiger partial charge in [-0.25, -0.2) is 0 Å². The van der Waals surface area contributed by atoms with Gasteiger partial charge in [-0.1, -0.05) is 30.0 Å². The van der Waals surface area contributed by atoms with Gasteiger partial charge in [-0.3, -0.25) is 9.59 Å². The molecule has 2 amide bonds. The highest BCUT2D eigenvalue weighted by Crippen LogP contribution is 2.26. The number of carbonyl (C=O) groups is 2. The molecule has 2 aromatic carbocycles. The van der Waals surface area contributed by atoms with Crippen LogP contribution in [0.25, 0.3) is 0 Å². The number of aromatic nitrogens is 2. The van der Waals surface area contributed by atoms with Crippen LogP contribution in [0.15, 0.2) is 76.7 Å². The van der Waals surface area contributed by atoms with Gasteiger partial charge in [-0.2, -0.15) is 0 Å². The van der Waals surface area contributed by atoms with E-state index >= 15 is 0 Å². The number of nitrogens with one attached hydrogen (secondary N) is 2. The fourth-order valence-electron chi connectivity index (χ4n) is 2.14. The molecular weight excluding hydrogens is 348 g/mol. The Kier molecular flexibility index (Phi) is 5.60. The fourth-order valence-corrected chi connectivity index (χ4v) is 2.87. The Bertz CT molecular complexity index is 897. The first kappa shape index (κ1) is 17.6. The number of anilines is 2. The molecule has 1 heterocycles. The van der Waals surface area contributed by atoms with Crippen LogP contribution in [-0.2, 0) is 4.79 Å². The van der Waals surface area contributed by atoms with Crippen molar-refractivity contribution in [3.63, 3.8) is 0 Å². The predicted molar refractivity (Wildman–Crippen MR) is 101 cm³/mol. The topological polar surface area (TPSA) is 84.0 Å². The highest BCUT2D eigenvalue weighted by Gasteiger charge is 2.09. The fraction of sp³-hybridized carbons (Fsp3) is 0.0526. The molecule has 0 bridgehead atoms. The SMILES string of the molecule is CC(=O)Nc1ccc(Sc2ccc(C(=O)Nc3ccccc3)nn2)cc1. The summed E-state index contributed by atoms with van der Waals surface area (Å²) in [5.74, 6) is -0.416. The Hall–Kier alpha value is -3.19. The van der Waals surface area contributed by atoms with E-state index in [0.29, 0.717) is 10.7 Å². The molecule has 0 aliphatic heterocycles. The summed E-state index contributed by atoms with van der Waals surface area (Å²) in [6, 6.07) is 20.0. The van der Waals surface area contributed by atoms with E-state index < -0.39 is 0 Å². The van der Waals surface area contributed by atoms with Crippen LogP contribution < -0.4 is 10.6 Å². The molecule has 1 aromatic heterocycles. The van der Waals surface area contributed by atoms with Crippen LogP contribution in [-0.4, -0.2) is 22.0 Å². The largest absolute Gasteiger partial charge is 0.326 e. The maximum atomic E-state index is 12.2. The van der Waals surface area contributed by atoms with Gasteiger partial charge in [0.2, 0.25) is 5.91 Å². The molecule has 3 rings (SSSR count). The second kappa shape index (κ2) is 8.26. The summed E-state index contributed by atoms with van der Waals surface area (Å²) in [7, 11) is 0.